The summed E-state index contributed by atoms with van der Waals surface area (Å²) in [6.07, 6.45) is 1.37. The highest BCUT2D eigenvalue weighted by Gasteiger charge is 2.27. The third-order valence-electron chi connectivity index (χ3n) is 4.27. The number of aliphatic hydroxyl groups excluding tert-OH is 1. The van der Waals surface area contributed by atoms with Crippen molar-refractivity contribution in [3.63, 3.8) is 0 Å². The molecule has 0 aliphatic heterocycles. The van der Waals surface area contributed by atoms with Gasteiger partial charge in [0.2, 0.25) is 0 Å². The molecule has 128 valence electrons. The Balaban J connectivity index is 2.70. The van der Waals surface area contributed by atoms with Gasteiger partial charge in [-0.15, -0.1) is 6.58 Å². The van der Waals surface area contributed by atoms with Gasteiger partial charge in [0, 0.05) is 12.1 Å². The lowest BCUT2D eigenvalue weighted by atomic mass is 9.93. The highest BCUT2D eigenvalue weighted by molar-refractivity contribution is 6.08. The Labute approximate surface area is 144 Å². The molecule has 0 bridgehead atoms. The minimum atomic E-state index is -0.729. The molecule has 1 atom stereocenters. The number of carbonyl (C=O) groups excluding carboxylic acids is 1. The number of carbonyl (C=O) groups is 1. The van der Waals surface area contributed by atoms with Gasteiger partial charge in [0.15, 0.2) is 0 Å². The maximum atomic E-state index is 13.4. The van der Waals surface area contributed by atoms with Crippen molar-refractivity contribution in [3.05, 3.63) is 60.2 Å². The number of benzene rings is 2. The molecule has 1 N–H and O–H groups in total. The van der Waals surface area contributed by atoms with Gasteiger partial charge in [0.1, 0.15) is 0 Å². The van der Waals surface area contributed by atoms with Crippen LogP contribution in [0.2, 0.25) is 0 Å². The van der Waals surface area contributed by atoms with E-state index in [4.69, 9.17) is 0 Å². The summed E-state index contributed by atoms with van der Waals surface area (Å²) in [4.78, 5) is 15.2. The molecule has 0 saturated carbocycles. The Morgan fingerprint density at radius 1 is 1.12 bits per heavy atom. The largest absolute Gasteiger partial charge is 0.388 e. The lowest BCUT2D eigenvalue weighted by molar-refractivity contribution is 0.0639. The first-order valence-electron chi connectivity index (χ1n) is 8.51. The second-order valence-corrected chi connectivity index (χ2v) is 6.69. The van der Waals surface area contributed by atoms with Crippen molar-refractivity contribution >= 4 is 16.7 Å². The Hall–Kier alpha value is -2.13. The standard InChI is InChI=1S/C21H27NO2/c1-6-9-19(23)18-13-12-16-10-7-8-11-17(16)20(18)21(24)22(14(2)3)15(4)5/h6-8,10-15,19,23H,1,9H2,2-5H3. The molecule has 0 radical (unpaired) electrons. The van der Waals surface area contributed by atoms with E-state index in [-0.39, 0.29) is 18.0 Å². The summed E-state index contributed by atoms with van der Waals surface area (Å²) in [6, 6.07) is 11.8. The van der Waals surface area contributed by atoms with Crippen molar-refractivity contribution in [2.24, 2.45) is 0 Å². The fourth-order valence-corrected chi connectivity index (χ4v) is 3.28. The molecule has 24 heavy (non-hydrogen) atoms. The van der Waals surface area contributed by atoms with Crippen molar-refractivity contribution in [1.29, 1.82) is 0 Å². The summed E-state index contributed by atoms with van der Waals surface area (Å²) in [5, 5.41) is 12.4. The molecule has 0 heterocycles. The van der Waals surface area contributed by atoms with Crippen LogP contribution in [0.1, 0.15) is 56.1 Å². The molecular formula is C21H27NO2. The van der Waals surface area contributed by atoms with E-state index in [9.17, 15) is 9.90 Å². The molecule has 2 rings (SSSR count). The van der Waals surface area contributed by atoms with Crippen LogP contribution in [0.5, 0.6) is 0 Å². The van der Waals surface area contributed by atoms with Crippen LogP contribution in [0.4, 0.5) is 0 Å². The molecule has 2 aromatic rings. The zero-order chi connectivity index (χ0) is 17.9. The van der Waals surface area contributed by atoms with E-state index >= 15 is 0 Å². The molecule has 0 saturated heterocycles. The molecule has 0 fully saturated rings. The van der Waals surface area contributed by atoms with Gasteiger partial charge >= 0.3 is 0 Å². The maximum absolute atomic E-state index is 13.4. The Morgan fingerprint density at radius 3 is 2.33 bits per heavy atom. The quantitative estimate of drug-likeness (QED) is 0.782. The normalized spacial score (nSPS) is 12.6. The zero-order valence-corrected chi connectivity index (χ0v) is 15.0. The molecule has 0 aromatic heterocycles. The summed E-state index contributed by atoms with van der Waals surface area (Å²) in [5.74, 6) is -0.0325. The zero-order valence-electron chi connectivity index (χ0n) is 15.0. The molecule has 3 nitrogen and oxygen atoms in total. The number of rotatable bonds is 6. The van der Waals surface area contributed by atoms with Crippen LogP contribution in [0.15, 0.2) is 49.1 Å². The van der Waals surface area contributed by atoms with E-state index in [2.05, 4.69) is 6.58 Å². The predicted molar refractivity (Wildman–Crippen MR) is 100 cm³/mol. The van der Waals surface area contributed by atoms with Gasteiger partial charge in [-0.05, 0) is 50.5 Å². The molecule has 1 amide bonds. The average molecular weight is 325 g/mol. The Morgan fingerprint density at radius 2 is 1.75 bits per heavy atom. The Bertz CT molecular complexity index is 726. The fraction of sp³-hybridized carbons (Fsp3) is 0.381. The maximum Gasteiger partial charge on any atom is 0.255 e. The van der Waals surface area contributed by atoms with Crippen molar-refractivity contribution < 1.29 is 9.90 Å². The monoisotopic (exact) mass is 325 g/mol. The molecule has 0 aliphatic rings. The van der Waals surface area contributed by atoms with Crippen LogP contribution in [0.3, 0.4) is 0 Å². The average Bonchev–Trinajstić information content (AvgIpc) is 2.53. The summed E-state index contributed by atoms with van der Waals surface area (Å²) in [7, 11) is 0. The lowest BCUT2D eigenvalue weighted by Gasteiger charge is -2.32. The van der Waals surface area contributed by atoms with Gasteiger partial charge in [0.05, 0.1) is 11.7 Å². The summed E-state index contributed by atoms with van der Waals surface area (Å²) >= 11 is 0. The van der Waals surface area contributed by atoms with E-state index in [1.807, 2.05) is 69.0 Å². The van der Waals surface area contributed by atoms with Gasteiger partial charge < -0.3 is 10.0 Å². The van der Waals surface area contributed by atoms with Crippen molar-refractivity contribution in [2.45, 2.75) is 52.3 Å². The first kappa shape index (κ1) is 18.2. The SMILES string of the molecule is C=CCC(O)c1ccc2ccccc2c1C(=O)N(C(C)C)C(C)C. The lowest BCUT2D eigenvalue weighted by Crippen LogP contribution is -2.42. The summed E-state index contributed by atoms with van der Waals surface area (Å²) in [6.45, 7) is 11.8. The number of aliphatic hydroxyl groups is 1. The number of fused-ring (bicyclic) bond motifs is 1. The summed E-state index contributed by atoms with van der Waals surface area (Å²) < 4.78 is 0. The molecular weight excluding hydrogens is 298 g/mol. The third-order valence-corrected chi connectivity index (χ3v) is 4.27. The number of nitrogens with zero attached hydrogens (tertiary/aromatic N) is 1. The minimum absolute atomic E-state index is 0.0325. The number of amides is 1. The van der Waals surface area contributed by atoms with Crippen LogP contribution >= 0.6 is 0 Å². The number of hydrogen-bond acceptors (Lipinski definition) is 2. The molecule has 3 heteroatoms. The predicted octanol–water partition coefficient (Wildman–Crippen LogP) is 4.71. The van der Waals surface area contributed by atoms with Crippen molar-refractivity contribution in [3.8, 4) is 0 Å². The van der Waals surface area contributed by atoms with E-state index < -0.39 is 6.10 Å². The highest BCUT2D eigenvalue weighted by Crippen LogP contribution is 2.30. The minimum Gasteiger partial charge on any atom is -0.388 e. The van der Waals surface area contributed by atoms with Gasteiger partial charge in [-0.3, -0.25) is 4.79 Å². The van der Waals surface area contributed by atoms with Crippen LogP contribution in [-0.2, 0) is 0 Å². The Kier molecular flexibility index (Phi) is 5.79. The molecule has 1 unspecified atom stereocenters. The van der Waals surface area contributed by atoms with Gasteiger partial charge in [-0.1, -0.05) is 42.5 Å². The third kappa shape index (κ3) is 3.51. The van der Waals surface area contributed by atoms with Gasteiger partial charge in [-0.2, -0.15) is 0 Å². The van der Waals surface area contributed by atoms with E-state index in [1.165, 1.54) is 0 Å². The molecule has 2 aromatic carbocycles. The van der Waals surface area contributed by atoms with E-state index in [0.29, 0.717) is 17.5 Å². The summed E-state index contributed by atoms with van der Waals surface area (Å²) in [5.41, 5.74) is 1.27. The van der Waals surface area contributed by atoms with Gasteiger partial charge in [0.25, 0.3) is 5.91 Å². The second-order valence-electron chi connectivity index (χ2n) is 6.69. The topological polar surface area (TPSA) is 40.5 Å². The van der Waals surface area contributed by atoms with Gasteiger partial charge in [-0.25, -0.2) is 0 Å². The molecule has 0 aliphatic carbocycles. The van der Waals surface area contributed by atoms with E-state index in [0.717, 1.165) is 10.8 Å². The fourth-order valence-electron chi connectivity index (χ4n) is 3.28. The van der Waals surface area contributed by atoms with Crippen molar-refractivity contribution in [2.75, 3.05) is 0 Å². The smallest absolute Gasteiger partial charge is 0.255 e. The van der Waals surface area contributed by atoms with Crippen LogP contribution in [0, 0.1) is 0 Å². The van der Waals surface area contributed by atoms with Crippen LogP contribution < -0.4 is 0 Å². The van der Waals surface area contributed by atoms with Crippen molar-refractivity contribution in [1.82, 2.24) is 4.90 Å². The van der Waals surface area contributed by atoms with Crippen LogP contribution in [0.25, 0.3) is 10.8 Å². The van der Waals surface area contributed by atoms with E-state index in [1.54, 1.807) is 6.08 Å². The highest BCUT2D eigenvalue weighted by atomic mass is 16.3. The number of hydrogen-bond donors (Lipinski definition) is 1. The first-order chi connectivity index (χ1) is 11.4. The second kappa shape index (κ2) is 7.63. The molecule has 0 spiro atoms. The first-order valence-corrected chi connectivity index (χ1v) is 8.51. The van der Waals surface area contributed by atoms with Crippen LogP contribution in [-0.4, -0.2) is 28.0 Å².